The highest BCUT2D eigenvalue weighted by molar-refractivity contribution is 7.21. The first-order chi connectivity index (χ1) is 10.6. The molecule has 22 heavy (non-hydrogen) atoms. The van der Waals surface area contributed by atoms with E-state index in [1.165, 1.54) is 0 Å². The number of amides is 1. The quantitative estimate of drug-likeness (QED) is 0.938. The van der Waals surface area contributed by atoms with E-state index in [-0.39, 0.29) is 5.91 Å². The molecular formula is C17H22N2O2S. The first-order valence-electron chi connectivity index (χ1n) is 7.74. The predicted octanol–water partition coefficient (Wildman–Crippen LogP) is 3.51. The van der Waals surface area contributed by atoms with Crippen molar-refractivity contribution < 1.29 is 9.53 Å². The van der Waals surface area contributed by atoms with Crippen LogP contribution in [0.4, 0.5) is 5.69 Å². The summed E-state index contributed by atoms with van der Waals surface area (Å²) in [5.74, 6) is 1.53. The molecule has 5 heteroatoms. The maximum atomic E-state index is 12.4. The fourth-order valence-corrected chi connectivity index (χ4v) is 3.91. The number of fused-ring (bicyclic) bond motifs is 3. The Kier molecular flexibility index (Phi) is 4.25. The van der Waals surface area contributed by atoms with Gasteiger partial charge < -0.3 is 15.0 Å². The van der Waals surface area contributed by atoms with Gasteiger partial charge in [-0.3, -0.25) is 4.79 Å². The van der Waals surface area contributed by atoms with E-state index in [0.717, 1.165) is 45.9 Å². The van der Waals surface area contributed by atoms with Crippen molar-refractivity contribution in [1.82, 2.24) is 5.32 Å². The third-order valence-electron chi connectivity index (χ3n) is 4.04. The Labute approximate surface area is 135 Å². The van der Waals surface area contributed by atoms with Crippen molar-refractivity contribution in [3.05, 3.63) is 23.1 Å². The van der Waals surface area contributed by atoms with E-state index >= 15 is 0 Å². The molecule has 0 spiro atoms. The first-order valence-corrected chi connectivity index (χ1v) is 8.55. The zero-order chi connectivity index (χ0) is 15.7. The Morgan fingerprint density at radius 1 is 1.41 bits per heavy atom. The Hall–Kier alpha value is -1.75. The van der Waals surface area contributed by atoms with Crippen molar-refractivity contribution in [2.45, 2.75) is 20.3 Å². The summed E-state index contributed by atoms with van der Waals surface area (Å²) in [6.07, 6.45) is 1.12. The van der Waals surface area contributed by atoms with Gasteiger partial charge in [0.05, 0.1) is 12.8 Å². The molecule has 1 aromatic carbocycles. The molecule has 3 rings (SSSR count). The van der Waals surface area contributed by atoms with E-state index < -0.39 is 0 Å². The van der Waals surface area contributed by atoms with Crippen LogP contribution in [0, 0.1) is 5.92 Å². The number of benzene rings is 1. The smallest absolute Gasteiger partial charge is 0.263 e. The standard InChI is InChI=1S/C17H22N2O2S/c1-11(2)6-8-19-9-7-18-17(20)16-15(19)13-10-12(21-3)4-5-14(13)22-16/h4-5,10-11H,6-9H2,1-3H3,(H,18,20). The number of rotatable bonds is 4. The Bertz CT molecular complexity index is 693. The molecule has 1 aliphatic rings. The summed E-state index contributed by atoms with van der Waals surface area (Å²) in [6, 6.07) is 6.04. The zero-order valence-corrected chi connectivity index (χ0v) is 14.1. The van der Waals surface area contributed by atoms with Crippen molar-refractivity contribution in [2.24, 2.45) is 5.92 Å². The summed E-state index contributed by atoms with van der Waals surface area (Å²) in [5.41, 5.74) is 1.08. The molecule has 118 valence electrons. The molecule has 0 fully saturated rings. The van der Waals surface area contributed by atoms with Gasteiger partial charge in [0.2, 0.25) is 0 Å². The van der Waals surface area contributed by atoms with Crippen LogP contribution in [-0.2, 0) is 0 Å². The van der Waals surface area contributed by atoms with E-state index in [1.54, 1.807) is 18.4 Å². The molecular weight excluding hydrogens is 296 g/mol. The molecule has 2 heterocycles. The van der Waals surface area contributed by atoms with Gasteiger partial charge in [-0.2, -0.15) is 0 Å². The Morgan fingerprint density at radius 2 is 2.23 bits per heavy atom. The topological polar surface area (TPSA) is 41.6 Å². The van der Waals surface area contributed by atoms with Crippen LogP contribution in [0.15, 0.2) is 18.2 Å². The summed E-state index contributed by atoms with van der Waals surface area (Å²) in [5, 5.41) is 4.13. The van der Waals surface area contributed by atoms with Crippen LogP contribution in [0.1, 0.15) is 29.9 Å². The van der Waals surface area contributed by atoms with Gasteiger partial charge in [-0.15, -0.1) is 11.3 Å². The number of carbonyl (C=O) groups excluding carboxylic acids is 1. The summed E-state index contributed by atoms with van der Waals surface area (Å²) in [7, 11) is 1.68. The van der Waals surface area contributed by atoms with E-state index in [1.807, 2.05) is 18.2 Å². The fraction of sp³-hybridized carbons (Fsp3) is 0.471. The van der Waals surface area contributed by atoms with Crippen LogP contribution < -0.4 is 15.0 Å². The van der Waals surface area contributed by atoms with Gasteiger partial charge in [0, 0.05) is 29.7 Å². The van der Waals surface area contributed by atoms with Gasteiger partial charge in [0.1, 0.15) is 10.6 Å². The van der Waals surface area contributed by atoms with Crippen LogP contribution >= 0.6 is 11.3 Å². The average molecular weight is 318 g/mol. The molecule has 0 saturated heterocycles. The minimum absolute atomic E-state index is 0.0437. The largest absolute Gasteiger partial charge is 0.497 e. The van der Waals surface area contributed by atoms with E-state index in [4.69, 9.17) is 4.74 Å². The molecule has 4 nitrogen and oxygen atoms in total. The van der Waals surface area contributed by atoms with E-state index in [0.29, 0.717) is 12.5 Å². The molecule has 0 unspecified atom stereocenters. The summed E-state index contributed by atoms with van der Waals surface area (Å²) < 4.78 is 6.50. The lowest BCUT2D eigenvalue weighted by atomic mass is 10.1. The lowest BCUT2D eigenvalue weighted by Gasteiger charge is -2.24. The normalized spacial score (nSPS) is 14.9. The Balaban J connectivity index is 2.10. The summed E-state index contributed by atoms with van der Waals surface area (Å²) in [6.45, 7) is 6.99. The van der Waals surface area contributed by atoms with Crippen molar-refractivity contribution in [2.75, 3.05) is 31.6 Å². The van der Waals surface area contributed by atoms with Crippen molar-refractivity contribution >= 4 is 33.0 Å². The number of anilines is 1. The van der Waals surface area contributed by atoms with Gasteiger partial charge >= 0.3 is 0 Å². The minimum atomic E-state index is 0.0437. The second-order valence-electron chi connectivity index (χ2n) is 6.07. The Morgan fingerprint density at radius 3 is 2.95 bits per heavy atom. The molecule has 2 aromatic rings. The van der Waals surface area contributed by atoms with Gasteiger partial charge in [-0.25, -0.2) is 0 Å². The number of nitrogens with one attached hydrogen (secondary N) is 1. The molecule has 0 bridgehead atoms. The predicted molar refractivity (Wildman–Crippen MR) is 92.4 cm³/mol. The highest BCUT2D eigenvalue weighted by atomic mass is 32.1. The van der Waals surface area contributed by atoms with Gasteiger partial charge in [-0.1, -0.05) is 13.8 Å². The van der Waals surface area contributed by atoms with Crippen LogP contribution in [0.25, 0.3) is 10.1 Å². The van der Waals surface area contributed by atoms with Gasteiger partial charge in [-0.05, 0) is 30.5 Å². The number of hydrogen-bond acceptors (Lipinski definition) is 4. The maximum Gasteiger partial charge on any atom is 0.263 e. The molecule has 1 N–H and O–H groups in total. The molecule has 1 aliphatic heterocycles. The van der Waals surface area contributed by atoms with Crippen LogP contribution in [0.2, 0.25) is 0 Å². The van der Waals surface area contributed by atoms with Crippen LogP contribution in [0.5, 0.6) is 5.75 Å². The van der Waals surface area contributed by atoms with Crippen molar-refractivity contribution in [3.63, 3.8) is 0 Å². The molecule has 0 aliphatic carbocycles. The minimum Gasteiger partial charge on any atom is -0.497 e. The maximum absolute atomic E-state index is 12.4. The number of methoxy groups -OCH3 is 1. The number of thiophene rings is 1. The third-order valence-corrected chi connectivity index (χ3v) is 5.19. The van der Waals surface area contributed by atoms with Crippen molar-refractivity contribution in [3.8, 4) is 5.75 Å². The van der Waals surface area contributed by atoms with E-state index in [9.17, 15) is 4.79 Å². The number of nitrogens with zero attached hydrogens (tertiary/aromatic N) is 1. The van der Waals surface area contributed by atoms with E-state index in [2.05, 4.69) is 24.1 Å². The number of hydrogen-bond donors (Lipinski definition) is 1. The molecule has 0 radical (unpaired) electrons. The van der Waals surface area contributed by atoms with Crippen LogP contribution in [0.3, 0.4) is 0 Å². The average Bonchev–Trinajstić information content (AvgIpc) is 2.81. The summed E-state index contributed by atoms with van der Waals surface area (Å²) in [4.78, 5) is 15.5. The lowest BCUT2D eigenvalue weighted by molar-refractivity contribution is 0.0962. The number of carbonyl (C=O) groups is 1. The van der Waals surface area contributed by atoms with Crippen LogP contribution in [-0.4, -0.2) is 32.7 Å². The third kappa shape index (κ3) is 2.77. The lowest BCUT2D eigenvalue weighted by Crippen LogP contribution is -2.31. The molecule has 0 saturated carbocycles. The first kappa shape index (κ1) is 15.2. The summed E-state index contributed by atoms with van der Waals surface area (Å²) >= 11 is 1.57. The van der Waals surface area contributed by atoms with Gasteiger partial charge in [0.15, 0.2) is 0 Å². The SMILES string of the molecule is COc1ccc2sc3c(c2c1)N(CCC(C)C)CCNC3=O. The second kappa shape index (κ2) is 6.16. The highest BCUT2D eigenvalue weighted by Gasteiger charge is 2.26. The second-order valence-corrected chi connectivity index (χ2v) is 7.12. The van der Waals surface area contributed by atoms with Crippen molar-refractivity contribution in [1.29, 1.82) is 0 Å². The monoisotopic (exact) mass is 318 g/mol. The highest BCUT2D eigenvalue weighted by Crippen LogP contribution is 2.41. The van der Waals surface area contributed by atoms with Gasteiger partial charge in [0.25, 0.3) is 5.91 Å². The zero-order valence-electron chi connectivity index (χ0n) is 13.3. The molecule has 1 aromatic heterocycles. The molecule has 0 atom stereocenters. The fourth-order valence-electron chi connectivity index (χ4n) is 2.79. The number of ether oxygens (including phenoxy) is 1. The molecule has 1 amide bonds.